The molecule has 140 valence electrons. The van der Waals surface area contributed by atoms with Gasteiger partial charge in [-0.15, -0.1) is 0 Å². The minimum Gasteiger partial charge on any atom is -0.354 e. The highest BCUT2D eigenvalue weighted by atomic mass is 16.5. The Hall–Kier alpha value is -2.71. The lowest BCUT2D eigenvalue weighted by Crippen LogP contribution is -2.51. The number of benzene rings is 1. The van der Waals surface area contributed by atoms with E-state index in [1.807, 2.05) is 18.2 Å². The van der Waals surface area contributed by atoms with Crippen molar-refractivity contribution in [3.63, 3.8) is 0 Å². The van der Waals surface area contributed by atoms with E-state index >= 15 is 0 Å². The van der Waals surface area contributed by atoms with Crippen molar-refractivity contribution < 1.29 is 4.52 Å². The average Bonchev–Trinajstić information content (AvgIpc) is 3.12. The van der Waals surface area contributed by atoms with E-state index in [-0.39, 0.29) is 0 Å². The lowest BCUT2D eigenvalue weighted by Gasteiger charge is -2.38. The molecule has 0 amide bonds. The lowest BCUT2D eigenvalue weighted by molar-refractivity contribution is 0.0838. The number of rotatable bonds is 3. The first-order valence-corrected chi connectivity index (χ1v) is 9.23. The number of hydrogen-bond acceptors (Lipinski definition) is 6. The molecule has 2 atom stereocenters. The van der Waals surface area contributed by atoms with E-state index in [1.54, 1.807) is 0 Å². The van der Waals surface area contributed by atoms with Gasteiger partial charge in [0.1, 0.15) is 0 Å². The topological polar surface area (TPSA) is 87.4 Å². The predicted octanol–water partition coefficient (Wildman–Crippen LogP) is 0.945. The van der Waals surface area contributed by atoms with Gasteiger partial charge in [-0.3, -0.25) is 19.6 Å². The van der Waals surface area contributed by atoms with Crippen LogP contribution < -0.4 is 11.2 Å². The zero-order chi connectivity index (χ0) is 18.5. The molecule has 0 saturated carbocycles. The number of aromatic nitrogens is 3. The summed E-state index contributed by atoms with van der Waals surface area (Å²) in [6, 6.07) is 8.57. The molecule has 2 aliphatic heterocycles. The second-order valence-corrected chi connectivity index (χ2v) is 7.56. The van der Waals surface area contributed by atoms with Gasteiger partial charge in [0.25, 0.3) is 5.56 Å². The fourth-order valence-electron chi connectivity index (χ4n) is 4.42. The van der Waals surface area contributed by atoms with E-state index in [2.05, 4.69) is 27.0 Å². The summed E-state index contributed by atoms with van der Waals surface area (Å²) < 4.78 is 6.67. The van der Waals surface area contributed by atoms with Crippen LogP contribution in [-0.4, -0.2) is 56.7 Å². The second kappa shape index (κ2) is 6.17. The summed E-state index contributed by atoms with van der Waals surface area (Å²) >= 11 is 0. The van der Waals surface area contributed by atoms with Crippen molar-refractivity contribution in [2.45, 2.75) is 31.5 Å². The number of likely N-dealkylation sites (tertiary alicyclic amines) is 1. The van der Waals surface area contributed by atoms with Crippen molar-refractivity contribution in [3.05, 3.63) is 56.9 Å². The van der Waals surface area contributed by atoms with Gasteiger partial charge < -0.3 is 4.52 Å². The van der Waals surface area contributed by atoms with Crippen molar-refractivity contribution >= 4 is 11.0 Å². The highest BCUT2D eigenvalue weighted by Crippen LogP contribution is 2.30. The minimum atomic E-state index is -0.529. The molecule has 1 N–H and O–H groups in total. The third-order valence-electron chi connectivity index (χ3n) is 5.90. The Labute approximate surface area is 155 Å². The highest BCUT2D eigenvalue weighted by molar-refractivity contribution is 5.84. The van der Waals surface area contributed by atoms with Crippen molar-refractivity contribution in [2.75, 3.05) is 20.1 Å². The molecular formula is C19H21N5O3. The SMILES string of the molecule is CN1[C@@H]2CC[C@H]1CN(Cc1ccc3onc(-n4ccc(=O)[nH]c4=O)c3c1)C2. The van der Waals surface area contributed by atoms with Crippen LogP contribution in [0.4, 0.5) is 0 Å². The van der Waals surface area contributed by atoms with Crippen LogP contribution in [0.2, 0.25) is 0 Å². The molecule has 2 aromatic heterocycles. The van der Waals surface area contributed by atoms with Crippen LogP contribution in [0.1, 0.15) is 18.4 Å². The molecule has 2 bridgehead atoms. The smallest absolute Gasteiger partial charge is 0.334 e. The van der Waals surface area contributed by atoms with Gasteiger partial charge in [0.2, 0.25) is 0 Å². The Morgan fingerprint density at radius 1 is 1.19 bits per heavy atom. The third kappa shape index (κ3) is 2.81. The van der Waals surface area contributed by atoms with E-state index in [9.17, 15) is 9.59 Å². The Morgan fingerprint density at radius 2 is 1.96 bits per heavy atom. The van der Waals surface area contributed by atoms with Gasteiger partial charge in [0.05, 0.1) is 5.39 Å². The molecule has 4 heterocycles. The Bertz CT molecular complexity index is 1100. The molecule has 0 radical (unpaired) electrons. The number of piperazine rings is 1. The summed E-state index contributed by atoms with van der Waals surface area (Å²) in [7, 11) is 2.23. The Morgan fingerprint density at radius 3 is 2.70 bits per heavy atom. The number of hydrogen-bond donors (Lipinski definition) is 1. The van der Waals surface area contributed by atoms with Crippen molar-refractivity contribution in [3.8, 4) is 5.82 Å². The maximum Gasteiger partial charge on any atom is 0.334 e. The summed E-state index contributed by atoms with van der Waals surface area (Å²) in [5, 5.41) is 4.80. The molecule has 8 nitrogen and oxygen atoms in total. The van der Waals surface area contributed by atoms with E-state index in [0.29, 0.717) is 23.5 Å². The Kier molecular flexibility index (Phi) is 3.76. The summed E-state index contributed by atoms with van der Waals surface area (Å²) in [6.07, 6.45) is 3.98. The Balaban J connectivity index is 1.47. The van der Waals surface area contributed by atoms with Gasteiger partial charge in [-0.2, -0.15) is 0 Å². The largest absolute Gasteiger partial charge is 0.354 e. The first-order valence-electron chi connectivity index (χ1n) is 9.23. The normalized spacial score (nSPS) is 23.3. The molecule has 2 fully saturated rings. The molecule has 0 aliphatic carbocycles. The summed E-state index contributed by atoms with van der Waals surface area (Å²) in [5.41, 5.74) is 0.812. The fraction of sp³-hybridized carbons (Fsp3) is 0.421. The summed E-state index contributed by atoms with van der Waals surface area (Å²) in [4.78, 5) is 30.7. The molecule has 0 spiro atoms. The van der Waals surface area contributed by atoms with Crippen molar-refractivity contribution in [2.24, 2.45) is 0 Å². The second-order valence-electron chi connectivity index (χ2n) is 7.56. The van der Waals surface area contributed by atoms with Crippen LogP contribution in [0, 0.1) is 0 Å². The van der Waals surface area contributed by atoms with E-state index in [4.69, 9.17) is 4.52 Å². The first kappa shape index (κ1) is 16.5. The highest BCUT2D eigenvalue weighted by Gasteiger charge is 2.37. The third-order valence-corrected chi connectivity index (χ3v) is 5.90. The molecule has 1 aromatic carbocycles. The quantitative estimate of drug-likeness (QED) is 0.742. The van der Waals surface area contributed by atoms with Gasteiger partial charge in [0, 0.05) is 44.0 Å². The van der Waals surface area contributed by atoms with Gasteiger partial charge in [-0.05, 0) is 37.6 Å². The standard InChI is InChI=1S/C19H21N5O3/c1-22-13-3-4-14(22)11-23(10-13)9-12-2-5-16-15(8-12)18(21-27-16)24-7-6-17(25)20-19(24)26/h2,5-8,13-14H,3-4,9-11H2,1H3,(H,20,25,26)/t13-,14+. The maximum atomic E-state index is 12.1. The fourth-order valence-corrected chi connectivity index (χ4v) is 4.42. The predicted molar refractivity (Wildman–Crippen MR) is 100 cm³/mol. The molecule has 2 aliphatic rings. The van der Waals surface area contributed by atoms with Crippen LogP contribution >= 0.6 is 0 Å². The molecule has 2 saturated heterocycles. The monoisotopic (exact) mass is 367 g/mol. The van der Waals surface area contributed by atoms with Gasteiger partial charge in [-0.25, -0.2) is 9.36 Å². The van der Waals surface area contributed by atoms with Crippen LogP contribution in [0.3, 0.4) is 0 Å². The summed E-state index contributed by atoms with van der Waals surface area (Å²) in [6.45, 7) is 3.03. The number of fused-ring (bicyclic) bond motifs is 3. The number of nitrogens with one attached hydrogen (secondary N) is 1. The van der Waals surface area contributed by atoms with E-state index in [1.165, 1.54) is 29.7 Å². The number of aromatic amines is 1. The molecule has 3 aromatic rings. The number of likely N-dealkylation sites (N-methyl/N-ethyl adjacent to an activating group) is 1. The zero-order valence-corrected chi connectivity index (χ0v) is 15.1. The average molecular weight is 367 g/mol. The number of H-pyrrole nitrogens is 1. The lowest BCUT2D eigenvalue weighted by atomic mass is 10.1. The van der Waals surface area contributed by atoms with Crippen molar-refractivity contribution in [1.82, 2.24) is 24.5 Å². The van der Waals surface area contributed by atoms with Crippen LogP contribution in [0.5, 0.6) is 0 Å². The van der Waals surface area contributed by atoms with E-state index in [0.717, 1.165) is 30.6 Å². The minimum absolute atomic E-state index is 0.395. The van der Waals surface area contributed by atoms with Gasteiger partial charge in [0.15, 0.2) is 11.4 Å². The van der Waals surface area contributed by atoms with Crippen LogP contribution in [0.15, 0.2) is 44.6 Å². The molecule has 8 heteroatoms. The zero-order valence-electron chi connectivity index (χ0n) is 15.1. The summed E-state index contributed by atoms with van der Waals surface area (Å²) in [5.74, 6) is 0.395. The van der Waals surface area contributed by atoms with Crippen LogP contribution in [0.25, 0.3) is 16.8 Å². The van der Waals surface area contributed by atoms with Gasteiger partial charge in [-0.1, -0.05) is 11.2 Å². The number of nitrogens with zero attached hydrogens (tertiary/aromatic N) is 4. The maximum absolute atomic E-state index is 12.1. The van der Waals surface area contributed by atoms with Gasteiger partial charge >= 0.3 is 5.69 Å². The molecule has 0 unspecified atom stereocenters. The van der Waals surface area contributed by atoms with Crippen molar-refractivity contribution in [1.29, 1.82) is 0 Å². The molecule has 5 rings (SSSR count). The van der Waals surface area contributed by atoms with Crippen LogP contribution in [-0.2, 0) is 6.54 Å². The van der Waals surface area contributed by atoms with E-state index < -0.39 is 11.2 Å². The first-order chi connectivity index (χ1) is 13.1. The molecule has 27 heavy (non-hydrogen) atoms. The molecular weight excluding hydrogens is 346 g/mol.